The van der Waals surface area contributed by atoms with Crippen LogP contribution in [-0.2, 0) is 26.1 Å². The Balaban J connectivity index is 1.48. The predicted molar refractivity (Wildman–Crippen MR) is 171 cm³/mol. The third-order valence-corrected chi connectivity index (χ3v) is 10.0. The topological polar surface area (TPSA) is 124 Å². The van der Waals surface area contributed by atoms with Crippen molar-refractivity contribution in [1.82, 2.24) is 14.4 Å². The fraction of sp³-hybridized carbons (Fsp3) is 0.515. The van der Waals surface area contributed by atoms with E-state index in [1.165, 1.54) is 37.3 Å². The van der Waals surface area contributed by atoms with Crippen LogP contribution in [0.25, 0.3) is 22.2 Å². The van der Waals surface area contributed by atoms with Gasteiger partial charge in [0.1, 0.15) is 12.4 Å². The van der Waals surface area contributed by atoms with Gasteiger partial charge in [0.2, 0.25) is 15.9 Å². The molecule has 0 bridgehead atoms. The van der Waals surface area contributed by atoms with Crippen LogP contribution in [0.15, 0.2) is 42.5 Å². The van der Waals surface area contributed by atoms with Crippen molar-refractivity contribution < 1.29 is 27.5 Å². The maximum absolute atomic E-state index is 12.6. The molecule has 2 aromatic carbocycles. The number of carbonyl (C=O) groups is 2. The molecule has 1 atom stereocenters. The van der Waals surface area contributed by atoms with Gasteiger partial charge in [0, 0.05) is 49.6 Å². The highest BCUT2D eigenvalue weighted by Gasteiger charge is 2.31. The molecule has 5 rings (SSSR count). The lowest BCUT2D eigenvalue weighted by Gasteiger charge is -2.33. The smallest absolute Gasteiger partial charge is 0.337 e. The molecule has 1 fully saturated rings. The Morgan fingerprint density at radius 2 is 1.82 bits per heavy atom. The Morgan fingerprint density at radius 1 is 1.07 bits per heavy atom. The number of amides is 1. The Kier molecular flexibility index (Phi) is 9.97. The van der Waals surface area contributed by atoms with Crippen LogP contribution in [-0.4, -0.2) is 87.4 Å². The highest BCUT2D eigenvalue weighted by atomic mass is 32.2. The summed E-state index contributed by atoms with van der Waals surface area (Å²) in [5, 5.41) is 6.25. The van der Waals surface area contributed by atoms with Gasteiger partial charge in [-0.3, -0.25) is 9.69 Å². The summed E-state index contributed by atoms with van der Waals surface area (Å²) in [5.74, 6) is 0.574. The molecule has 1 amide bonds. The van der Waals surface area contributed by atoms with Crippen LogP contribution >= 0.6 is 0 Å². The number of fused-ring (bicyclic) bond motifs is 5. The molecular formula is C33H44N4O6S. The molecular weight excluding hydrogens is 580 g/mol. The minimum Gasteiger partial charge on any atom is -0.491 e. The molecule has 1 aromatic heterocycles. The SMILES string of the molecule is COC(=O)c1ccc2c(C3CCCCC3)c3n(c2c1)C[C@@H](N(C)CCN(C)C(=O)CCCS(N)(=O)=O)COc1ccccc1-3. The zero-order valence-corrected chi connectivity index (χ0v) is 26.8. The number of hydrogen-bond acceptors (Lipinski definition) is 7. The van der Waals surface area contributed by atoms with Crippen molar-refractivity contribution in [2.45, 2.75) is 63.5 Å². The molecule has 3 aromatic rings. The van der Waals surface area contributed by atoms with E-state index in [1.54, 1.807) is 11.9 Å². The maximum Gasteiger partial charge on any atom is 0.337 e. The number of esters is 1. The molecule has 2 heterocycles. The second-order valence-corrected chi connectivity index (χ2v) is 13.9. The van der Waals surface area contributed by atoms with Crippen molar-refractivity contribution in [1.29, 1.82) is 0 Å². The standard InChI is InChI=1S/C33H44N4O6S/c1-35(17-18-36(2)30(38)14-9-19-44(34,40)41)25-21-37-28-20-24(33(39)42-3)15-16-26(28)31(23-10-5-4-6-11-23)32(37)27-12-7-8-13-29(27)43-22-25/h7-8,12-13,15-16,20,23,25H,4-6,9-11,14,17-19,21-22H2,1-3H3,(H2,34,40,41)/t25-/m1/s1. The lowest BCUT2D eigenvalue weighted by atomic mass is 9.81. The molecule has 2 aliphatic rings. The minimum absolute atomic E-state index is 0.0235. The second-order valence-electron chi connectivity index (χ2n) is 12.2. The number of aromatic nitrogens is 1. The molecule has 0 saturated heterocycles. The number of sulfonamides is 1. The molecule has 0 unspecified atom stereocenters. The number of primary sulfonamides is 1. The summed E-state index contributed by atoms with van der Waals surface area (Å²) in [7, 11) is 1.59. The van der Waals surface area contributed by atoms with Crippen LogP contribution < -0.4 is 9.88 Å². The lowest BCUT2D eigenvalue weighted by molar-refractivity contribution is -0.130. The zero-order valence-electron chi connectivity index (χ0n) is 26.0. The minimum atomic E-state index is -3.59. The number of nitrogens with two attached hydrogens (primary N) is 1. The van der Waals surface area contributed by atoms with Crippen LogP contribution in [0.3, 0.4) is 0 Å². The van der Waals surface area contributed by atoms with E-state index in [-0.39, 0.29) is 36.5 Å². The van der Waals surface area contributed by atoms with E-state index in [0.29, 0.717) is 37.7 Å². The third kappa shape index (κ3) is 7.11. The van der Waals surface area contributed by atoms with E-state index in [0.717, 1.165) is 35.4 Å². The van der Waals surface area contributed by atoms with Crippen molar-refractivity contribution >= 4 is 32.8 Å². The van der Waals surface area contributed by atoms with Gasteiger partial charge in [-0.15, -0.1) is 0 Å². The third-order valence-electron chi connectivity index (χ3n) is 9.16. The average molecular weight is 625 g/mol. The number of rotatable bonds is 10. The Labute approximate surface area is 260 Å². The molecule has 1 aliphatic carbocycles. The molecule has 10 nitrogen and oxygen atoms in total. The fourth-order valence-electron chi connectivity index (χ4n) is 6.64. The van der Waals surface area contributed by atoms with Crippen molar-refractivity contribution in [2.24, 2.45) is 5.14 Å². The number of benzene rings is 2. The number of carbonyl (C=O) groups excluding carboxylic acids is 2. The van der Waals surface area contributed by atoms with E-state index in [4.69, 9.17) is 14.6 Å². The fourth-order valence-corrected chi connectivity index (χ4v) is 7.19. The van der Waals surface area contributed by atoms with Crippen LogP contribution in [0.1, 0.15) is 66.8 Å². The number of para-hydroxylation sites is 1. The molecule has 11 heteroatoms. The maximum atomic E-state index is 12.6. The largest absolute Gasteiger partial charge is 0.491 e. The van der Waals surface area contributed by atoms with Crippen molar-refractivity contribution in [2.75, 3.05) is 46.7 Å². The van der Waals surface area contributed by atoms with E-state index in [9.17, 15) is 18.0 Å². The summed E-state index contributed by atoms with van der Waals surface area (Å²) in [4.78, 5) is 29.1. The number of ether oxygens (including phenoxy) is 2. The Morgan fingerprint density at radius 3 is 2.55 bits per heavy atom. The lowest BCUT2D eigenvalue weighted by Crippen LogP contribution is -2.44. The second kappa shape index (κ2) is 13.7. The molecule has 238 valence electrons. The molecule has 44 heavy (non-hydrogen) atoms. The van der Waals surface area contributed by atoms with Crippen LogP contribution in [0.5, 0.6) is 5.75 Å². The normalized spacial score (nSPS) is 17.3. The van der Waals surface area contributed by atoms with Gasteiger partial charge in [0.15, 0.2) is 0 Å². The first-order valence-electron chi connectivity index (χ1n) is 15.5. The van der Waals surface area contributed by atoms with Gasteiger partial charge in [-0.2, -0.15) is 0 Å². The van der Waals surface area contributed by atoms with Crippen molar-refractivity contribution in [3.63, 3.8) is 0 Å². The quantitative estimate of drug-likeness (QED) is 0.333. The average Bonchev–Trinajstić information content (AvgIpc) is 3.32. The Hall–Kier alpha value is -3.41. The molecule has 1 saturated carbocycles. The first-order valence-corrected chi connectivity index (χ1v) is 17.2. The van der Waals surface area contributed by atoms with E-state index < -0.39 is 10.0 Å². The molecule has 1 aliphatic heterocycles. The van der Waals surface area contributed by atoms with Gasteiger partial charge in [-0.05, 0) is 62.1 Å². The molecule has 0 radical (unpaired) electrons. The first kappa shape index (κ1) is 32.0. The number of likely N-dealkylation sites (N-methyl/N-ethyl adjacent to an activating group) is 2. The van der Waals surface area contributed by atoms with Gasteiger partial charge in [-0.1, -0.05) is 37.5 Å². The van der Waals surface area contributed by atoms with Gasteiger partial charge in [-0.25, -0.2) is 18.4 Å². The summed E-state index contributed by atoms with van der Waals surface area (Å²) in [6.45, 7) is 2.18. The van der Waals surface area contributed by atoms with E-state index in [1.807, 2.05) is 31.3 Å². The van der Waals surface area contributed by atoms with E-state index in [2.05, 4.69) is 27.7 Å². The predicted octanol–water partition coefficient (Wildman–Crippen LogP) is 4.36. The van der Waals surface area contributed by atoms with Crippen LogP contribution in [0, 0.1) is 0 Å². The van der Waals surface area contributed by atoms with Gasteiger partial charge in [0.25, 0.3) is 0 Å². The highest BCUT2D eigenvalue weighted by Crippen LogP contribution is 2.47. The van der Waals surface area contributed by atoms with Crippen molar-refractivity contribution in [3.05, 3.63) is 53.6 Å². The summed E-state index contributed by atoms with van der Waals surface area (Å²) in [6, 6.07) is 14.1. The monoisotopic (exact) mass is 624 g/mol. The van der Waals surface area contributed by atoms with Crippen LogP contribution in [0.2, 0.25) is 0 Å². The first-order chi connectivity index (χ1) is 21.1. The number of nitrogens with zero attached hydrogens (tertiary/aromatic N) is 3. The highest BCUT2D eigenvalue weighted by molar-refractivity contribution is 7.89. The zero-order chi connectivity index (χ0) is 31.4. The van der Waals surface area contributed by atoms with Gasteiger partial charge < -0.3 is 18.9 Å². The Bertz CT molecular complexity index is 1610. The van der Waals surface area contributed by atoms with Crippen molar-refractivity contribution in [3.8, 4) is 17.0 Å². The summed E-state index contributed by atoms with van der Waals surface area (Å²) in [6.07, 6.45) is 6.26. The van der Waals surface area contributed by atoms with Crippen LogP contribution in [0.4, 0.5) is 0 Å². The number of hydrogen-bond donors (Lipinski definition) is 1. The van der Waals surface area contributed by atoms with Gasteiger partial charge in [0.05, 0.1) is 30.2 Å². The molecule has 0 spiro atoms. The summed E-state index contributed by atoms with van der Waals surface area (Å²) >= 11 is 0. The van der Waals surface area contributed by atoms with Gasteiger partial charge >= 0.3 is 5.97 Å². The summed E-state index contributed by atoms with van der Waals surface area (Å²) in [5.41, 5.74) is 5.09. The molecule has 2 N–H and O–H groups in total. The van der Waals surface area contributed by atoms with E-state index >= 15 is 0 Å². The summed E-state index contributed by atoms with van der Waals surface area (Å²) < 4.78 is 36.4. The number of methoxy groups -OCH3 is 1.